The van der Waals surface area contributed by atoms with Crippen LogP contribution in [-0.2, 0) is 6.54 Å². The second-order valence-electron chi connectivity index (χ2n) is 4.60. The minimum absolute atomic E-state index is 0.125. The van der Waals surface area contributed by atoms with Crippen LogP contribution in [0.4, 0.5) is 10.1 Å². The lowest BCUT2D eigenvalue weighted by molar-refractivity contribution is 0.626. The Morgan fingerprint density at radius 2 is 1.86 bits per heavy atom. The van der Waals surface area contributed by atoms with Crippen molar-refractivity contribution in [3.63, 3.8) is 0 Å². The number of halogens is 3. The van der Waals surface area contributed by atoms with Gasteiger partial charge in [0.1, 0.15) is 5.82 Å². The smallest absolute Gasteiger partial charge is 0.142 e. The molecule has 3 rings (SSSR count). The van der Waals surface area contributed by atoms with Gasteiger partial charge in [0.2, 0.25) is 0 Å². The maximum atomic E-state index is 13.4. The van der Waals surface area contributed by atoms with Gasteiger partial charge in [0, 0.05) is 23.8 Å². The highest BCUT2D eigenvalue weighted by Crippen LogP contribution is 2.28. The van der Waals surface area contributed by atoms with Gasteiger partial charge in [-0.05, 0) is 42.0 Å². The van der Waals surface area contributed by atoms with Crippen LogP contribution in [0.15, 0.2) is 48.7 Å². The molecule has 2 aromatic carbocycles. The summed E-state index contributed by atoms with van der Waals surface area (Å²) in [6.07, 6.45) is 1.70. The third-order valence-corrected chi connectivity index (χ3v) is 3.80. The van der Waals surface area contributed by atoms with Crippen LogP contribution in [0, 0.1) is 5.82 Å². The second-order valence-corrected chi connectivity index (χ2v) is 5.41. The van der Waals surface area contributed by atoms with Crippen molar-refractivity contribution in [1.82, 2.24) is 4.98 Å². The van der Waals surface area contributed by atoms with Gasteiger partial charge >= 0.3 is 0 Å². The van der Waals surface area contributed by atoms with Gasteiger partial charge in [-0.2, -0.15) is 0 Å². The molecule has 0 saturated carbocycles. The van der Waals surface area contributed by atoms with Crippen LogP contribution < -0.4 is 5.32 Å². The lowest BCUT2D eigenvalue weighted by Gasteiger charge is -2.10. The van der Waals surface area contributed by atoms with Crippen molar-refractivity contribution < 1.29 is 4.39 Å². The van der Waals surface area contributed by atoms with Crippen molar-refractivity contribution in [3.8, 4) is 0 Å². The number of pyridine rings is 1. The predicted molar refractivity (Wildman–Crippen MR) is 85.5 cm³/mol. The summed E-state index contributed by atoms with van der Waals surface area (Å²) >= 11 is 11.8. The molecule has 0 aliphatic heterocycles. The average Bonchev–Trinajstić information content (AvgIpc) is 2.50. The second kappa shape index (κ2) is 5.88. The number of aromatic nitrogens is 1. The number of benzene rings is 2. The van der Waals surface area contributed by atoms with Gasteiger partial charge < -0.3 is 5.32 Å². The zero-order valence-electron chi connectivity index (χ0n) is 10.9. The normalized spacial score (nSPS) is 10.8. The highest BCUT2D eigenvalue weighted by atomic mass is 35.5. The Labute approximate surface area is 131 Å². The van der Waals surface area contributed by atoms with Crippen LogP contribution in [0.3, 0.4) is 0 Å². The minimum Gasteiger partial charge on any atom is -0.380 e. The molecule has 0 aliphatic rings. The summed E-state index contributed by atoms with van der Waals surface area (Å²) in [5.41, 5.74) is 2.45. The highest BCUT2D eigenvalue weighted by molar-refractivity contribution is 6.35. The first-order valence-electron chi connectivity index (χ1n) is 6.36. The molecule has 1 N–H and O–H groups in total. The molecule has 2 nitrogen and oxygen atoms in total. The van der Waals surface area contributed by atoms with E-state index >= 15 is 0 Å². The van der Waals surface area contributed by atoms with Crippen LogP contribution in [0.5, 0.6) is 0 Å². The quantitative estimate of drug-likeness (QED) is 0.709. The van der Waals surface area contributed by atoms with Crippen molar-refractivity contribution >= 4 is 39.8 Å². The molecule has 0 radical (unpaired) electrons. The Balaban J connectivity index is 1.88. The molecule has 106 valence electrons. The fraction of sp³-hybridized carbons (Fsp3) is 0.0625. The Morgan fingerprint density at radius 1 is 1.05 bits per heavy atom. The third-order valence-electron chi connectivity index (χ3n) is 3.19. The van der Waals surface area contributed by atoms with Gasteiger partial charge in [-0.15, -0.1) is 0 Å². The van der Waals surface area contributed by atoms with Crippen LogP contribution in [0.25, 0.3) is 10.9 Å². The first-order chi connectivity index (χ1) is 10.1. The van der Waals surface area contributed by atoms with Gasteiger partial charge in [0.05, 0.1) is 15.6 Å². The molecule has 3 aromatic rings. The Morgan fingerprint density at radius 3 is 2.67 bits per heavy atom. The van der Waals surface area contributed by atoms with Crippen molar-refractivity contribution in [2.45, 2.75) is 6.54 Å². The minimum atomic E-state index is -0.418. The van der Waals surface area contributed by atoms with E-state index in [1.807, 2.05) is 18.2 Å². The molecule has 0 bridgehead atoms. The summed E-state index contributed by atoms with van der Waals surface area (Å²) in [7, 11) is 0. The average molecular weight is 321 g/mol. The summed E-state index contributed by atoms with van der Waals surface area (Å²) in [6, 6.07) is 12.2. The van der Waals surface area contributed by atoms with Crippen LogP contribution in [0.1, 0.15) is 5.56 Å². The largest absolute Gasteiger partial charge is 0.380 e. The lowest BCUT2D eigenvalue weighted by Crippen LogP contribution is -2.01. The van der Waals surface area contributed by atoms with Crippen molar-refractivity contribution in [2.24, 2.45) is 0 Å². The van der Waals surface area contributed by atoms with E-state index < -0.39 is 5.82 Å². The van der Waals surface area contributed by atoms with Crippen molar-refractivity contribution in [2.75, 3.05) is 5.32 Å². The fourth-order valence-electron chi connectivity index (χ4n) is 2.14. The predicted octanol–water partition coefficient (Wildman–Crippen LogP) is 5.29. The maximum Gasteiger partial charge on any atom is 0.142 e. The zero-order chi connectivity index (χ0) is 14.8. The fourth-order valence-corrected chi connectivity index (χ4v) is 2.47. The molecule has 0 fully saturated rings. The Hall–Kier alpha value is -1.84. The summed E-state index contributed by atoms with van der Waals surface area (Å²) in [5, 5.41) is 4.93. The summed E-state index contributed by atoms with van der Waals surface area (Å²) in [6.45, 7) is 0.486. The molecule has 0 atom stereocenters. The molecule has 0 amide bonds. The van der Waals surface area contributed by atoms with E-state index in [2.05, 4.69) is 10.3 Å². The number of hydrogen-bond donors (Lipinski definition) is 1. The molecule has 0 spiro atoms. The number of nitrogens with zero attached hydrogens (tertiary/aromatic N) is 1. The Bertz CT molecular complexity index is 805. The SMILES string of the molecule is Fc1cc(CNc2ccc(Cl)c3ncccc23)ccc1Cl. The monoisotopic (exact) mass is 320 g/mol. The molecule has 0 saturated heterocycles. The summed E-state index contributed by atoms with van der Waals surface area (Å²) in [5.74, 6) is -0.418. The number of fused-ring (bicyclic) bond motifs is 1. The molecule has 0 aliphatic carbocycles. The molecule has 21 heavy (non-hydrogen) atoms. The van der Waals surface area contributed by atoms with Crippen molar-refractivity contribution in [3.05, 3.63) is 70.1 Å². The number of nitrogens with one attached hydrogen (secondary N) is 1. The first kappa shape index (κ1) is 14.1. The maximum absolute atomic E-state index is 13.4. The van der Waals surface area contributed by atoms with Crippen LogP contribution in [-0.4, -0.2) is 4.98 Å². The van der Waals surface area contributed by atoms with E-state index in [9.17, 15) is 4.39 Å². The third kappa shape index (κ3) is 2.94. The summed E-state index contributed by atoms with van der Waals surface area (Å²) in [4.78, 5) is 4.27. The van der Waals surface area contributed by atoms with Crippen molar-refractivity contribution in [1.29, 1.82) is 0 Å². The molecular weight excluding hydrogens is 310 g/mol. The Kier molecular flexibility index (Phi) is 3.95. The summed E-state index contributed by atoms with van der Waals surface area (Å²) < 4.78 is 13.4. The molecule has 5 heteroatoms. The van der Waals surface area contributed by atoms with E-state index in [1.54, 1.807) is 24.4 Å². The van der Waals surface area contributed by atoms with E-state index in [4.69, 9.17) is 23.2 Å². The van der Waals surface area contributed by atoms with E-state index in [1.165, 1.54) is 6.07 Å². The van der Waals surface area contributed by atoms with Gasteiger partial charge in [0.25, 0.3) is 0 Å². The topological polar surface area (TPSA) is 24.9 Å². The van der Waals surface area contributed by atoms with Crippen LogP contribution in [0.2, 0.25) is 10.0 Å². The number of rotatable bonds is 3. The number of hydrogen-bond acceptors (Lipinski definition) is 2. The highest BCUT2D eigenvalue weighted by Gasteiger charge is 2.06. The van der Waals surface area contributed by atoms with E-state index in [0.29, 0.717) is 11.6 Å². The van der Waals surface area contributed by atoms with Crippen LogP contribution >= 0.6 is 23.2 Å². The molecule has 1 heterocycles. The lowest BCUT2D eigenvalue weighted by atomic mass is 10.1. The molecular formula is C16H11Cl2FN2. The first-order valence-corrected chi connectivity index (χ1v) is 7.12. The van der Waals surface area contributed by atoms with Gasteiger partial charge in [-0.3, -0.25) is 4.98 Å². The molecule has 0 unspecified atom stereocenters. The zero-order valence-corrected chi connectivity index (χ0v) is 12.4. The molecule has 1 aromatic heterocycles. The standard InChI is InChI=1S/C16H11Cl2FN2/c17-12-4-3-10(8-14(12)19)9-21-15-6-5-13(18)16-11(15)2-1-7-20-16/h1-8,21H,9H2. The van der Waals surface area contributed by atoms with Gasteiger partial charge in [0.15, 0.2) is 0 Å². The van der Waals surface area contributed by atoms with E-state index in [-0.39, 0.29) is 5.02 Å². The number of anilines is 1. The van der Waals surface area contributed by atoms with E-state index in [0.717, 1.165) is 22.2 Å². The van der Waals surface area contributed by atoms with Gasteiger partial charge in [-0.1, -0.05) is 29.3 Å². The van der Waals surface area contributed by atoms with Gasteiger partial charge in [-0.25, -0.2) is 4.39 Å².